The molecule has 31 heavy (non-hydrogen) atoms. The van der Waals surface area contributed by atoms with Gasteiger partial charge in [0.25, 0.3) is 5.91 Å². The van der Waals surface area contributed by atoms with Crippen molar-refractivity contribution in [2.24, 2.45) is 4.99 Å². The largest absolute Gasteiger partial charge is 0.493 e. The summed E-state index contributed by atoms with van der Waals surface area (Å²) in [6, 6.07) is 8.32. The average molecular weight is 436 g/mol. The molecular weight excluding hydrogens is 410 g/mol. The molecule has 10 heteroatoms. The predicted molar refractivity (Wildman–Crippen MR) is 111 cm³/mol. The van der Waals surface area contributed by atoms with Crippen LogP contribution in [0.25, 0.3) is 0 Å². The van der Waals surface area contributed by atoms with Crippen LogP contribution >= 0.6 is 0 Å². The summed E-state index contributed by atoms with van der Waals surface area (Å²) in [6.07, 6.45) is 2.07. The molecule has 168 valence electrons. The van der Waals surface area contributed by atoms with Gasteiger partial charge in [0.2, 0.25) is 0 Å². The summed E-state index contributed by atoms with van der Waals surface area (Å²) < 4.78 is 40.0. The van der Waals surface area contributed by atoms with Gasteiger partial charge in [-0.3, -0.25) is 9.79 Å². The third-order valence-corrected chi connectivity index (χ3v) is 4.95. The van der Waals surface area contributed by atoms with E-state index in [0.29, 0.717) is 44.9 Å². The van der Waals surface area contributed by atoms with Gasteiger partial charge in [-0.15, -0.1) is 0 Å². The van der Waals surface area contributed by atoms with Gasteiger partial charge in [0.1, 0.15) is 0 Å². The van der Waals surface area contributed by atoms with E-state index in [1.807, 2.05) is 0 Å². The minimum Gasteiger partial charge on any atom is -0.493 e. The number of hydrogen-bond donors (Lipinski definition) is 1. The van der Waals surface area contributed by atoms with E-state index in [4.69, 9.17) is 9.15 Å². The van der Waals surface area contributed by atoms with Gasteiger partial charge in [-0.05, 0) is 36.2 Å². The number of rotatable bonds is 7. The highest BCUT2D eigenvalue weighted by atomic mass is 19.3. The Kier molecular flexibility index (Phi) is 7.69. The second-order valence-electron chi connectivity index (χ2n) is 6.84. The maximum atomic E-state index is 12.6. The number of carbonyl (C=O) groups is 1. The minimum absolute atomic E-state index is 0.0109. The topological polar surface area (TPSA) is 79.5 Å². The third-order valence-electron chi connectivity index (χ3n) is 4.95. The predicted octanol–water partition coefficient (Wildman–Crippen LogP) is 2.47. The number of piperazine rings is 1. The zero-order valence-electron chi connectivity index (χ0n) is 17.5. The number of aliphatic imine (C=N–C) groups is 1. The Hall–Kier alpha value is -3.30. The van der Waals surface area contributed by atoms with Crippen LogP contribution in [0.5, 0.6) is 11.5 Å². The van der Waals surface area contributed by atoms with Crippen LogP contribution in [-0.2, 0) is 6.42 Å². The molecule has 1 aromatic carbocycles. The summed E-state index contributed by atoms with van der Waals surface area (Å²) in [5.74, 6) is 1.22. The fourth-order valence-corrected chi connectivity index (χ4v) is 3.39. The maximum absolute atomic E-state index is 12.6. The zero-order valence-corrected chi connectivity index (χ0v) is 17.5. The molecule has 0 saturated carbocycles. The van der Waals surface area contributed by atoms with Crippen molar-refractivity contribution in [1.29, 1.82) is 0 Å². The normalized spacial score (nSPS) is 14.7. The Morgan fingerprint density at radius 2 is 1.94 bits per heavy atom. The number of ether oxygens (including phenoxy) is 2. The minimum atomic E-state index is -2.92. The van der Waals surface area contributed by atoms with Crippen molar-refractivity contribution in [3.8, 4) is 11.5 Å². The van der Waals surface area contributed by atoms with Gasteiger partial charge in [0, 0.05) is 39.8 Å². The van der Waals surface area contributed by atoms with Crippen molar-refractivity contribution in [1.82, 2.24) is 15.1 Å². The molecule has 1 aliphatic rings. The van der Waals surface area contributed by atoms with Crippen LogP contribution in [0.1, 0.15) is 16.1 Å². The Morgan fingerprint density at radius 1 is 1.19 bits per heavy atom. The third kappa shape index (κ3) is 5.87. The van der Waals surface area contributed by atoms with Crippen LogP contribution in [-0.4, -0.2) is 75.2 Å². The fraction of sp³-hybridized carbons (Fsp3) is 0.429. The number of halogens is 2. The van der Waals surface area contributed by atoms with Crippen molar-refractivity contribution in [3.05, 3.63) is 47.9 Å². The monoisotopic (exact) mass is 436 g/mol. The molecule has 0 spiro atoms. The lowest BCUT2D eigenvalue weighted by atomic mass is 10.1. The molecule has 0 unspecified atom stereocenters. The van der Waals surface area contributed by atoms with Crippen molar-refractivity contribution in [2.75, 3.05) is 46.9 Å². The Morgan fingerprint density at radius 3 is 2.55 bits per heavy atom. The first kappa shape index (κ1) is 22.4. The van der Waals surface area contributed by atoms with E-state index >= 15 is 0 Å². The Labute approximate surface area is 179 Å². The smallest absolute Gasteiger partial charge is 0.387 e. The van der Waals surface area contributed by atoms with E-state index in [2.05, 4.69) is 19.9 Å². The first-order valence-electron chi connectivity index (χ1n) is 9.92. The second-order valence-corrected chi connectivity index (χ2v) is 6.84. The highest BCUT2D eigenvalue weighted by Crippen LogP contribution is 2.29. The number of alkyl halides is 2. The molecule has 1 fully saturated rings. The van der Waals surface area contributed by atoms with E-state index in [0.717, 1.165) is 11.5 Å². The molecule has 0 radical (unpaired) electrons. The van der Waals surface area contributed by atoms with Gasteiger partial charge >= 0.3 is 6.61 Å². The number of amides is 1. The number of benzene rings is 1. The van der Waals surface area contributed by atoms with Crippen molar-refractivity contribution >= 4 is 11.9 Å². The van der Waals surface area contributed by atoms with Crippen LogP contribution < -0.4 is 14.8 Å². The number of carbonyl (C=O) groups excluding carboxylic acids is 1. The lowest BCUT2D eigenvalue weighted by Crippen LogP contribution is -2.54. The van der Waals surface area contributed by atoms with Gasteiger partial charge in [0.05, 0.1) is 13.4 Å². The zero-order chi connectivity index (χ0) is 22.2. The molecule has 1 amide bonds. The number of furan rings is 1. The molecular formula is C21H26F2N4O4. The van der Waals surface area contributed by atoms with Crippen LogP contribution in [0.15, 0.2) is 46.0 Å². The molecule has 1 saturated heterocycles. The van der Waals surface area contributed by atoms with Crippen molar-refractivity contribution < 1.29 is 27.5 Å². The number of nitrogens with zero attached hydrogens (tertiary/aromatic N) is 3. The standard InChI is InChI=1S/C21H26F2N4O4/c1-24-21(27-11-9-26(10-12-27)19(28)17-4-3-13-30-17)25-8-7-15-5-6-16(29-2)18(14-15)31-20(22)23/h3-6,13-14,20H,7-12H2,1-2H3,(H,24,25). The van der Waals surface area contributed by atoms with Crippen molar-refractivity contribution in [3.63, 3.8) is 0 Å². The van der Waals surface area contributed by atoms with Gasteiger partial charge in [-0.2, -0.15) is 8.78 Å². The summed E-state index contributed by atoms with van der Waals surface area (Å²) in [5, 5.41) is 3.28. The lowest BCUT2D eigenvalue weighted by molar-refractivity contribution is -0.0512. The Balaban J connectivity index is 1.49. The number of nitrogens with one attached hydrogen (secondary N) is 1. The molecule has 2 heterocycles. The first-order chi connectivity index (χ1) is 15.0. The molecule has 2 aromatic rings. The number of guanidine groups is 1. The molecule has 0 bridgehead atoms. The SMILES string of the molecule is CN=C(NCCc1ccc(OC)c(OC(F)F)c1)N1CCN(C(=O)c2ccco2)CC1. The molecule has 1 N–H and O–H groups in total. The quantitative estimate of drug-likeness (QED) is 0.531. The van der Waals surface area contributed by atoms with E-state index in [9.17, 15) is 13.6 Å². The molecule has 8 nitrogen and oxygen atoms in total. The summed E-state index contributed by atoms with van der Waals surface area (Å²) in [7, 11) is 3.10. The summed E-state index contributed by atoms with van der Waals surface area (Å²) >= 11 is 0. The van der Waals surface area contributed by atoms with Crippen LogP contribution in [0, 0.1) is 0 Å². The molecule has 0 aliphatic carbocycles. The molecule has 1 aliphatic heterocycles. The molecule has 1 aromatic heterocycles. The molecule has 3 rings (SSSR count). The van der Waals surface area contributed by atoms with Gasteiger partial charge < -0.3 is 29.0 Å². The lowest BCUT2D eigenvalue weighted by Gasteiger charge is -2.36. The Bertz CT molecular complexity index is 882. The van der Waals surface area contributed by atoms with Gasteiger partial charge in [-0.1, -0.05) is 6.07 Å². The van der Waals surface area contributed by atoms with Crippen LogP contribution in [0.2, 0.25) is 0 Å². The van der Waals surface area contributed by atoms with E-state index in [-0.39, 0.29) is 17.4 Å². The van der Waals surface area contributed by atoms with Crippen LogP contribution in [0.3, 0.4) is 0 Å². The van der Waals surface area contributed by atoms with Gasteiger partial charge in [-0.25, -0.2) is 0 Å². The highest BCUT2D eigenvalue weighted by Gasteiger charge is 2.25. The van der Waals surface area contributed by atoms with E-state index in [1.165, 1.54) is 13.4 Å². The summed E-state index contributed by atoms with van der Waals surface area (Å²) in [6.45, 7) is 0.0419. The summed E-state index contributed by atoms with van der Waals surface area (Å²) in [5.41, 5.74) is 0.827. The highest BCUT2D eigenvalue weighted by molar-refractivity contribution is 5.91. The second kappa shape index (κ2) is 10.6. The number of methoxy groups -OCH3 is 1. The summed E-state index contributed by atoms with van der Waals surface area (Å²) in [4.78, 5) is 20.5. The van der Waals surface area contributed by atoms with Crippen molar-refractivity contribution in [2.45, 2.75) is 13.0 Å². The fourth-order valence-electron chi connectivity index (χ4n) is 3.39. The van der Waals surface area contributed by atoms with E-state index < -0.39 is 6.61 Å². The van der Waals surface area contributed by atoms with Gasteiger partial charge in [0.15, 0.2) is 23.2 Å². The maximum Gasteiger partial charge on any atom is 0.387 e. The molecule has 0 atom stereocenters. The van der Waals surface area contributed by atoms with Crippen LogP contribution in [0.4, 0.5) is 8.78 Å². The first-order valence-corrected chi connectivity index (χ1v) is 9.92. The average Bonchev–Trinajstić information content (AvgIpc) is 3.31. The number of hydrogen-bond acceptors (Lipinski definition) is 5. The van der Waals surface area contributed by atoms with E-state index in [1.54, 1.807) is 42.3 Å².